The summed E-state index contributed by atoms with van der Waals surface area (Å²) in [6, 6.07) is 0.308. The van der Waals surface area contributed by atoms with Crippen LogP contribution >= 0.6 is 0 Å². The molecule has 25 heavy (non-hydrogen) atoms. The van der Waals surface area contributed by atoms with Crippen LogP contribution in [0.5, 0.6) is 0 Å². The van der Waals surface area contributed by atoms with Gasteiger partial charge in [-0.1, -0.05) is 11.6 Å². The Morgan fingerprint density at radius 3 is 2.76 bits per heavy atom. The quantitative estimate of drug-likeness (QED) is 0.720. The van der Waals surface area contributed by atoms with E-state index in [1.165, 1.54) is 31.3 Å². The van der Waals surface area contributed by atoms with Gasteiger partial charge in [0.05, 0.1) is 6.04 Å². The summed E-state index contributed by atoms with van der Waals surface area (Å²) in [5.74, 6) is 0.133. The molecule has 1 aliphatic carbocycles. The van der Waals surface area contributed by atoms with Gasteiger partial charge in [-0.25, -0.2) is 4.79 Å². The number of hydrogen-bond acceptors (Lipinski definition) is 3. The summed E-state index contributed by atoms with van der Waals surface area (Å²) in [7, 11) is 0. The fourth-order valence-corrected chi connectivity index (χ4v) is 4.21. The van der Waals surface area contributed by atoms with Crippen LogP contribution in [-0.4, -0.2) is 66.5 Å². The van der Waals surface area contributed by atoms with E-state index in [0.717, 1.165) is 52.0 Å². The van der Waals surface area contributed by atoms with Gasteiger partial charge in [0, 0.05) is 38.8 Å². The summed E-state index contributed by atoms with van der Waals surface area (Å²) < 4.78 is 0. The Morgan fingerprint density at radius 1 is 1.32 bits per heavy atom. The zero-order valence-corrected chi connectivity index (χ0v) is 15.4. The Balaban J connectivity index is 1.37. The molecular formula is C19H32N4O2. The van der Waals surface area contributed by atoms with Gasteiger partial charge in [-0.15, -0.1) is 0 Å². The summed E-state index contributed by atoms with van der Waals surface area (Å²) in [4.78, 5) is 28.4. The Kier molecular flexibility index (Phi) is 6.34. The number of allylic oxidation sites excluding steroid dienone is 1. The molecule has 1 unspecified atom stereocenters. The molecule has 3 rings (SSSR count). The SMILES string of the molecule is CC(C(=O)NCCC1=CCCCC1)N1CCC(N2CCNC2=O)CC1. The number of nitrogens with zero attached hydrogens (tertiary/aromatic N) is 2. The first kappa shape index (κ1) is 18.2. The Hall–Kier alpha value is -1.56. The number of likely N-dealkylation sites (tertiary alicyclic amines) is 1. The highest BCUT2D eigenvalue weighted by atomic mass is 16.2. The van der Waals surface area contributed by atoms with Crippen LogP contribution < -0.4 is 10.6 Å². The van der Waals surface area contributed by atoms with Crippen LogP contribution in [0.25, 0.3) is 0 Å². The number of piperidine rings is 1. The van der Waals surface area contributed by atoms with Gasteiger partial charge < -0.3 is 15.5 Å². The van der Waals surface area contributed by atoms with Crippen LogP contribution in [0.2, 0.25) is 0 Å². The molecule has 140 valence electrons. The van der Waals surface area contributed by atoms with Gasteiger partial charge in [-0.05, 0) is 51.9 Å². The highest BCUT2D eigenvalue weighted by Gasteiger charge is 2.33. The maximum Gasteiger partial charge on any atom is 0.317 e. The van der Waals surface area contributed by atoms with Crippen molar-refractivity contribution < 1.29 is 9.59 Å². The van der Waals surface area contributed by atoms with E-state index < -0.39 is 0 Å². The van der Waals surface area contributed by atoms with E-state index in [2.05, 4.69) is 21.6 Å². The summed E-state index contributed by atoms with van der Waals surface area (Å²) in [6.07, 6.45) is 10.2. The van der Waals surface area contributed by atoms with Crippen LogP contribution in [0.3, 0.4) is 0 Å². The molecule has 2 aliphatic heterocycles. The molecule has 6 heteroatoms. The number of carbonyl (C=O) groups excluding carboxylic acids is 2. The van der Waals surface area contributed by atoms with E-state index in [1.54, 1.807) is 0 Å². The lowest BCUT2D eigenvalue weighted by Crippen LogP contribution is -2.52. The lowest BCUT2D eigenvalue weighted by molar-refractivity contribution is -0.126. The van der Waals surface area contributed by atoms with Crippen molar-refractivity contribution in [3.8, 4) is 0 Å². The predicted octanol–water partition coefficient (Wildman–Crippen LogP) is 1.87. The van der Waals surface area contributed by atoms with Crippen molar-refractivity contribution in [2.24, 2.45) is 0 Å². The van der Waals surface area contributed by atoms with Crippen LogP contribution in [0.15, 0.2) is 11.6 Å². The zero-order chi connectivity index (χ0) is 17.6. The molecule has 2 saturated heterocycles. The van der Waals surface area contributed by atoms with E-state index in [1.807, 2.05) is 11.8 Å². The number of urea groups is 1. The smallest absolute Gasteiger partial charge is 0.317 e. The average Bonchev–Trinajstić information content (AvgIpc) is 3.08. The van der Waals surface area contributed by atoms with E-state index >= 15 is 0 Å². The van der Waals surface area contributed by atoms with Crippen LogP contribution in [0.1, 0.15) is 51.9 Å². The summed E-state index contributed by atoms with van der Waals surface area (Å²) >= 11 is 0. The van der Waals surface area contributed by atoms with Crippen LogP contribution in [0, 0.1) is 0 Å². The molecule has 0 spiro atoms. The van der Waals surface area contributed by atoms with Crippen molar-refractivity contribution in [3.05, 3.63) is 11.6 Å². The Labute approximate surface area is 151 Å². The molecule has 2 heterocycles. The minimum Gasteiger partial charge on any atom is -0.354 e. The summed E-state index contributed by atoms with van der Waals surface area (Å²) in [5.41, 5.74) is 1.50. The first-order valence-electron chi connectivity index (χ1n) is 9.89. The molecule has 0 saturated carbocycles. The second-order valence-electron chi connectivity index (χ2n) is 7.52. The molecular weight excluding hydrogens is 316 g/mol. The van der Waals surface area contributed by atoms with Crippen molar-refractivity contribution in [2.45, 2.75) is 64.0 Å². The number of amides is 3. The van der Waals surface area contributed by atoms with E-state index in [0.29, 0.717) is 6.04 Å². The molecule has 2 fully saturated rings. The molecule has 3 aliphatic rings. The normalized spacial score (nSPS) is 24.0. The molecule has 0 aromatic heterocycles. The monoisotopic (exact) mass is 348 g/mol. The molecule has 6 nitrogen and oxygen atoms in total. The molecule has 0 aromatic carbocycles. The minimum atomic E-state index is -0.0892. The van der Waals surface area contributed by atoms with Crippen molar-refractivity contribution in [2.75, 3.05) is 32.7 Å². The van der Waals surface area contributed by atoms with Gasteiger partial charge >= 0.3 is 6.03 Å². The number of nitrogens with one attached hydrogen (secondary N) is 2. The van der Waals surface area contributed by atoms with Crippen molar-refractivity contribution >= 4 is 11.9 Å². The highest BCUT2D eigenvalue weighted by Crippen LogP contribution is 2.21. The van der Waals surface area contributed by atoms with Gasteiger partial charge in [-0.2, -0.15) is 0 Å². The largest absolute Gasteiger partial charge is 0.354 e. The molecule has 0 aromatic rings. The van der Waals surface area contributed by atoms with Gasteiger partial charge in [0.2, 0.25) is 5.91 Å². The Morgan fingerprint density at radius 2 is 2.12 bits per heavy atom. The van der Waals surface area contributed by atoms with Crippen molar-refractivity contribution in [3.63, 3.8) is 0 Å². The summed E-state index contributed by atoms with van der Waals surface area (Å²) in [6.45, 7) is 6.09. The molecule has 0 bridgehead atoms. The number of carbonyl (C=O) groups is 2. The molecule has 1 atom stereocenters. The second-order valence-corrected chi connectivity index (χ2v) is 7.52. The summed E-state index contributed by atoms with van der Waals surface area (Å²) in [5, 5.41) is 5.98. The lowest BCUT2D eigenvalue weighted by Gasteiger charge is -2.38. The Bertz CT molecular complexity index is 512. The van der Waals surface area contributed by atoms with E-state index in [4.69, 9.17) is 0 Å². The fraction of sp³-hybridized carbons (Fsp3) is 0.789. The first-order valence-corrected chi connectivity index (χ1v) is 9.89. The van der Waals surface area contributed by atoms with Crippen molar-refractivity contribution in [1.82, 2.24) is 20.4 Å². The molecule has 0 radical (unpaired) electrons. The third kappa shape index (κ3) is 4.75. The van der Waals surface area contributed by atoms with Gasteiger partial charge in [0.25, 0.3) is 0 Å². The fourth-order valence-electron chi connectivity index (χ4n) is 4.21. The standard InChI is InChI=1S/C19H32N4O2/c1-15(18(24)20-10-7-16-5-3-2-4-6-16)22-12-8-17(9-13-22)23-14-11-21-19(23)25/h5,15,17H,2-4,6-14H2,1H3,(H,20,24)(H,21,25). The predicted molar refractivity (Wildman–Crippen MR) is 98.3 cm³/mol. The van der Waals surface area contributed by atoms with Gasteiger partial charge in [-0.3, -0.25) is 9.69 Å². The maximum atomic E-state index is 12.4. The molecule has 2 N–H and O–H groups in total. The van der Waals surface area contributed by atoms with Gasteiger partial charge in [0.1, 0.15) is 0 Å². The third-order valence-corrected chi connectivity index (χ3v) is 5.89. The topological polar surface area (TPSA) is 64.7 Å². The van der Waals surface area contributed by atoms with E-state index in [9.17, 15) is 9.59 Å². The van der Waals surface area contributed by atoms with Crippen LogP contribution in [-0.2, 0) is 4.79 Å². The number of rotatable bonds is 6. The van der Waals surface area contributed by atoms with Crippen molar-refractivity contribution in [1.29, 1.82) is 0 Å². The maximum absolute atomic E-state index is 12.4. The highest BCUT2D eigenvalue weighted by molar-refractivity contribution is 5.81. The molecule has 3 amide bonds. The lowest BCUT2D eigenvalue weighted by atomic mass is 9.97. The van der Waals surface area contributed by atoms with Crippen LogP contribution in [0.4, 0.5) is 4.79 Å². The number of hydrogen-bond donors (Lipinski definition) is 2. The van der Waals surface area contributed by atoms with E-state index in [-0.39, 0.29) is 18.0 Å². The average molecular weight is 348 g/mol. The first-order chi connectivity index (χ1) is 12.1. The minimum absolute atomic E-state index is 0.0706. The third-order valence-electron chi connectivity index (χ3n) is 5.89. The van der Waals surface area contributed by atoms with Gasteiger partial charge in [0.15, 0.2) is 0 Å². The zero-order valence-electron chi connectivity index (χ0n) is 15.4. The second kappa shape index (κ2) is 8.70.